The summed E-state index contributed by atoms with van der Waals surface area (Å²) in [6.07, 6.45) is 1.90. The molecular formula is C48H31NO6. The number of pyridine rings is 1. The van der Waals surface area contributed by atoms with E-state index in [4.69, 9.17) is 4.98 Å². The Morgan fingerprint density at radius 2 is 0.636 bits per heavy atom. The second kappa shape index (κ2) is 14.4. The van der Waals surface area contributed by atoms with E-state index in [2.05, 4.69) is 42.5 Å². The van der Waals surface area contributed by atoms with Crippen LogP contribution < -0.4 is 0 Å². The number of nitrogens with zero attached hydrogens (tertiary/aromatic N) is 1. The molecule has 0 saturated heterocycles. The highest BCUT2D eigenvalue weighted by Gasteiger charge is 2.16. The SMILES string of the molecule is O=C(O)c1ccc(-c2ccc(-c3ccc4c(-c5ccc(-c6ccc(C(=O)O)cc6)cc5)c(-c5ccc(-c6ccc(C(=O)O)cc6)cc5)ncc4c3)cc2)cc1. The number of fused-ring (bicyclic) bond motifs is 1. The lowest BCUT2D eigenvalue weighted by molar-refractivity contribution is 0.0686. The summed E-state index contributed by atoms with van der Waals surface area (Å²) in [5, 5.41) is 29.9. The molecule has 55 heavy (non-hydrogen) atoms. The van der Waals surface area contributed by atoms with Crippen LogP contribution in [-0.2, 0) is 0 Å². The highest BCUT2D eigenvalue weighted by atomic mass is 16.4. The Bertz CT molecular complexity index is 2720. The van der Waals surface area contributed by atoms with Gasteiger partial charge in [0, 0.05) is 22.7 Å². The van der Waals surface area contributed by atoms with E-state index in [9.17, 15) is 29.7 Å². The molecule has 7 aromatic carbocycles. The van der Waals surface area contributed by atoms with E-state index in [1.807, 2.05) is 79.0 Å². The highest BCUT2D eigenvalue weighted by molar-refractivity contribution is 6.04. The first-order valence-electron chi connectivity index (χ1n) is 17.5. The first-order valence-corrected chi connectivity index (χ1v) is 17.5. The van der Waals surface area contributed by atoms with Crippen LogP contribution in [0, 0.1) is 0 Å². The summed E-state index contributed by atoms with van der Waals surface area (Å²) in [6.45, 7) is 0. The van der Waals surface area contributed by atoms with Crippen molar-refractivity contribution in [2.75, 3.05) is 0 Å². The van der Waals surface area contributed by atoms with Gasteiger partial charge in [-0.05, 0) is 97.9 Å². The molecule has 0 saturated carbocycles. The van der Waals surface area contributed by atoms with Gasteiger partial charge in [0.05, 0.1) is 22.4 Å². The van der Waals surface area contributed by atoms with Gasteiger partial charge in [-0.2, -0.15) is 0 Å². The van der Waals surface area contributed by atoms with E-state index in [1.165, 1.54) is 0 Å². The fourth-order valence-corrected chi connectivity index (χ4v) is 6.83. The minimum atomic E-state index is -0.966. The third kappa shape index (κ3) is 6.98. The van der Waals surface area contributed by atoms with Crippen LogP contribution in [0.4, 0.5) is 0 Å². The number of carbonyl (C=O) groups is 3. The van der Waals surface area contributed by atoms with Gasteiger partial charge in [0.2, 0.25) is 0 Å². The Labute approximate surface area is 316 Å². The number of aromatic nitrogens is 1. The molecule has 0 radical (unpaired) electrons. The average molecular weight is 718 g/mol. The highest BCUT2D eigenvalue weighted by Crippen LogP contribution is 2.39. The number of rotatable bonds is 9. The number of hydrogen-bond donors (Lipinski definition) is 3. The first kappa shape index (κ1) is 34.4. The monoisotopic (exact) mass is 717 g/mol. The Morgan fingerprint density at radius 3 is 1.00 bits per heavy atom. The predicted octanol–water partition coefficient (Wildman–Crippen LogP) is 11.3. The summed E-state index contributed by atoms with van der Waals surface area (Å²) < 4.78 is 0. The Kier molecular flexibility index (Phi) is 9.02. The van der Waals surface area contributed by atoms with Crippen molar-refractivity contribution >= 4 is 28.7 Å². The van der Waals surface area contributed by atoms with Crippen LogP contribution in [0.2, 0.25) is 0 Å². The molecule has 264 valence electrons. The molecule has 0 bridgehead atoms. The summed E-state index contributed by atoms with van der Waals surface area (Å²) >= 11 is 0. The molecule has 0 atom stereocenters. The van der Waals surface area contributed by atoms with Crippen LogP contribution in [0.5, 0.6) is 0 Å². The van der Waals surface area contributed by atoms with Crippen molar-refractivity contribution < 1.29 is 29.7 Å². The van der Waals surface area contributed by atoms with Crippen molar-refractivity contribution in [3.8, 4) is 66.9 Å². The summed E-state index contributed by atoms with van der Waals surface area (Å²) in [5.41, 5.74) is 12.1. The molecule has 0 aliphatic heterocycles. The number of carboxylic acid groups (broad SMARTS) is 3. The van der Waals surface area contributed by atoms with E-state index >= 15 is 0 Å². The molecule has 0 aliphatic rings. The lowest BCUT2D eigenvalue weighted by Crippen LogP contribution is -1.95. The van der Waals surface area contributed by atoms with Crippen LogP contribution in [-0.4, -0.2) is 38.2 Å². The average Bonchev–Trinajstić information content (AvgIpc) is 3.23. The van der Waals surface area contributed by atoms with Crippen molar-refractivity contribution in [2.45, 2.75) is 0 Å². The number of aromatic carboxylic acids is 3. The van der Waals surface area contributed by atoms with Crippen molar-refractivity contribution in [3.63, 3.8) is 0 Å². The maximum Gasteiger partial charge on any atom is 0.335 e. The van der Waals surface area contributed by atoms with Gasteiger partial charge in [0.1, 0.15) is 0 Å². The van der Waals surface area contributed by atoms with E-state index in [-0.39, 0.29) is 16.7 Å². The molecule has 7 nitrogen and oxygen atoms in total. The van der Waals surface area contributed by atoms with Gasteiger partial charge in [-0.15, -0.1) is 0 Å². The van der Waals surface area contributed by atoms with Gasteiger partial charge in [-0.3, -0.25) is 4.98 Å². The van der Waals surface area contributed by atoms with E-state index < -0.39 is 17.9 Å². The molecule has 0 fully saturated rings. The molecule has 8 rings (SSSR count). The second-order valence-corrected chi connectivity index (χ2v) is 13.2. The smallest absolute Gasteiger partial charge is 0.335 e. The van der Waals surface area contributed by atoms with Crippen molar-refractivity contribution in [3.05, 3.63) is 187 Å². The Morgan fingerprint density at radius 1 is 0.345 bits per heavy atom. The zero-order chi connectivity index (χ0) is 38.1. The molecule has 8 aromatic rings. The molecule has 7 heteroatoms. The largest absolute Gasteiger partial charge is 0.478 e. The van der Waals surface area contributed by atoms with Crippen molar-refractivity contribution in [2.24, 2.45) is 0 Å². The number of carboxylic acids is 3. The zero-order valence-corrected chi connectivity index (χ0v) is 29.2. The Hall–Kier alpha value is -7.64. The lowest BCUT2D eigenvalue weighted by atomic mass is 9.91. The summed E-state index contributed by atoms with van der Waals surface area (Å²) in [6, 6.07) is 51.3. The van der Waals surface area contributed by atoms with E-state index in [0.29, 0.717) is 0 Å². The van der Waals surface area contributed by atoms with Crippen LogP contribution in [0.15, 0.2) is 170 Å². The first-order chi connectivity index (χ1) is 26.7. The van der Waals surface area contributed by atoms with Crippen molar-refractivity contribution in [1.29, 1.82) is 0 Å². The zero-order valence-electron chi connectivity index (χ0n) is 29.2. The fourth-order valence-electron chi connectivity index (χ4n) is 6.83. The third-order valence-corrected chi connectivity index (χ3v) is 9.84. The van der Waals surface area contributed by atoms with Gasteiger partial charge in [-0.1, -0.05) is 121 Å². The summed E-state index contributed by atoms with van der Waals surface area (Å²) in [4.78, 5) is 39.1. The molecule has 1 heterocycles. The lowest BCUT2D eigenvalue weighted by Gasteiger charge is -2.15. The van der Waals surface area contributed by atoms with Crippen molar-refractivity contribution in [1.82, 2.24) is 4.98 Å². The number of hydrogen-bond acceptors (Lipinski definition) is 4. The topological polar surface area (TPSA) is 125 Å². The quantitative estimate of drug-likeness (QED) is 0.136. The molecule has 0 unspecified atom stereocenters. The Balaban J connectivity index is 1.17. The predicted molar refractivity (Wildman–Crippen MR) is 215 cm³/mol. The van der Waals surface area contributed by atoms with Crippen LogP contribution >= 0.6 is 0 Å². The standard InChI is InChI=1S/C48H31NO6/c50-46(51)38-19-9-32(10-20-38)29-1-3-35(4-2-29)41-25-26-43-42(27-41)28-49-45(37-17-7-31(8-18-37)34-13-23-40(24-14-34)48(54)55)44(43)36-15-5-30(6-16-36)33-11-21-39(22-12-33)47(52)53/h1-28H,(H,50,51)(H,52,53)(H,54,55). The van der Waals surface area contributed by atoms with E-state index in [0.717, 1.165) is 77.7 Å². The molecule has 0 amide bonds. The molecule has 0 aliphatic carbocycles. The molecule has 1 aromatic heterocycles. The second-order valence-electron chi connectivity index (χ2n) is 13.2. The summed E-state index contributed by atoms with van der Waals surface area (Å²) in [5.74, 6) is -2.88. The summed E-state index contributed by atoms with van der Waals surface area (Å²) in [7, 11) is 0. The normalized spacial score (nSPS) is 11.0. The van der Waals surface area contributed by atoms with Gasteiger partial charge in [-0.25, -0.2) is 14.4 Å². The third-order valence-electron chi connectivity index (χ3n) is 9.84. The van der Waals surface area contributed by atoms with Gasteiger partial charge in [0.25, 0.3) is 0 Å². The van der Waals surface area contributed by atoms with Gasteiger partial charge in [0.15, 0.2) is 0 Å². The maximum atomic E-state index is 11.4. The maximum absolute atomic E-state index is 11.4. The molecule has 0 spiro atoms. The van der Waals surface area contributed by atoms with Gasteiger partial charge < -0.3 is 15.3 Å². The minimum absolute atomic E-state index is 0.234. The van der Waals surface area contributed by atoms with Crippen LogP contribution in [0.1, 0.15) is 31.1 Å². The van der Waals surface area contributed by atoms with Crippen LogP contribution in [0.25, 0.3) is 77.7 Å². The van der Waals surface area contributed by atoms with E-state index in [1.54, 1.807) is 48.5 Å². The van der Waals surface area contributed by atoms with Crippen LogP contribution in [0.3, 0.4) is 0 Å². The fraction of sp³-hybridized carbons (Fsp3) is 0. The molecule has 3 N–H and O–H groups in total. The minimum Gasteiger partial charge on any atom is -0.478 e. The number of benzene rings is 7. The van der Waals surface area contributed by atoms with Gasteiger partial charge >= 0.3 is 17.9 Å². The molecular weight excluding hydrogens is 687 g/mol.